The quantitative estimate of drug-likeness (QED) is 0.396. The van der Waals surface area contributed by atoms with Gasteiger partial charge in [0.2, 0.25) is 0 Å². The van der Waals surface area contributed by atoms with Crippen LogP contribution >= 0.6 is 11.6 Å². The highest BCUT2D eigenvalue weighted by atomic mass is 35.5. The molecule has 6 nitrogen and oxygen atoms in total. The first kappa shape index (κ1) is 21.6. The van der Waals surface area contributed by atoms with Crippen LogP contribution in [0.4, 0.5) is 5.69 Å². The Morgan fingerprint density at radius 1 is 1.06 bits per heavy atom. The van der Waals surface area contributed by atoms with Crippen LogP contribution in [0.15, 0.2) is 78.4 Å². The first-order valence-corrected chi connectivity index (χ1v) is 9.57. The summed E-state index contributed by atoms with van der Waals surface area (Å²) in [5.41, 5.74) is 1.92. The Morgan fingerprint density at radius 3 is 2.48 bits per heavy atom. The van der Waals surface area contributed by atoms with Crippen molar-refractivity contribution in [3.63, 3.8) is 0 Å². The highest BCUT2D eigenvalue weighted by molar-refractivity contribution is 6.34. The van der Waals surface area contributed by atoms with Gasteiger partial charge < -0.3 is 15.2 Å². The lowest BCUT2D eigenvalue weighted by molar-refractivity contribution is -0.112. The average Bonchev–Trinajstić information content (AvgIpc) is 2.78. The molecule has 0 saturated heterocycles. The Hall–Kier alpha value is -4.08. The number of anilines is 1. The fourth-order valence-electron chi connectivity index (χ4n) is 2.69. The number of rotatable bonds is 7. The van der Waals surface area contributed by atoms with Crippen LogP contribution in [-0.4, -0.2) is 17.0 Å². The first-order chi connectivity index (χ1) is 15.0. The van der Waals surface area contributed by atoms with E-state index in [0.29, 0.717) is 22.0 Å². The molecule has 0 aliphatic heterocycles. The van der Waals surface area contributed by atoms with E-state index in [1.165, 1.54) is 12.1 Å². The molecule has 7 heteroatoms. The second kappa shape index (κ2) is 10.1. The maximum atomic E-state index is 12.4. The van der Waals surface area contributed by atoms with Crippen LogP contribution in [-0.2, 0) is 11.4 Å². The minimum absolute atomic E-state index is 0.0703. The summed E-state index contributed by atoms with van der Waals surface area (Å²) < 4.78 is 5.68. The number of amides is 1. The molecule has 3 aromatic rings. The molecule has 0 fully saturated rings. The first-order valence-electron chi connectivity index (χ1n) is 9.19. The summed E-state index contributed by atoms with van der Waals surface area (Å²) in [5, 5.41) is 21.4. The molecule has 0 aromatic heterocycles. The van der Waals surface area contributed by atoms with Crippen molar-refractivity contribution in [1.29, 1.82) is 5.26 Å². The second-order valence-electron chi connectivity index (χ2n) is 6.47. The number of benzene rings is 3. The molecular formula is C24H17ClN2O4. The number of nitrogens with one attached hydrogen (secondary N) is 1. The van der Waals surface area contributed by atoms with Crippen molar-refractivity contribution in [3.05, 3.63) is 100 Å². The molecule has 0 radical (unpaired) electrons. The van der Waals surface area contributed by atoms with Crippen molar-refractivity contribution < 1.29 is 19.4 Å². The van der Waals surface area contributed by atoms with E-state index >= 15 is 0 Å². The maximum Gasteiger partial charge on any atom is 0.335 e. The number of nitriles is 1. The van der Waals surface area contributed by atoms with E-state index in [-0.39, 0.29) is 17.7 Å². The maximum absolute atomic E-state index is 12.4. The SMILES string of the molecule is N#C/C(=C/c1ccc(OCc2cccc(C(=O)O)c2)cc1)C(=O)Nc1ccccc1Cl. The zero-order valence-electron chi connectivity index (χ0n) is 16.2. The largest absolute Gasteiger partial charge is 0.489 e. The molecular weight excluding hydrogens is 416 g/mol. The third-order valence-electron chi connectivity index (χ3n) is 4.26. The van der Waals surface area contributed by atoms with Crippen LogP contribution in [0.1, 0.15) is 21.5 Å². The van der Waals surface area contributed by atoms with Crippen LogP contribution in [0.5, 0.6) is 5.75 Å². The van der Waals surface area contributed by atoms with Gasteiger partial charge in [-0.1, -0.05) is 48.0 Å². The Balaban J connectivity index is 1.65. The summed E-state index contributed by atoms with van der Waals surface area (Å²) in [5.74, 6) is -0.990. The van der Waals surface area contributed by atoms with E-state index in [9.17, 15) is 14.9 Å². The van der Waals surface area contributed by atoms with E-state index in [0.717, 1.165) is 5.56 Å². The molecule has 1 amide bonds. The lowest BCUT2D eigenvalue weighted by Gasteiger charge is -2.08. The molecule has 2 N–H and O–H groups in total. The van der Waals surface area contributed by atoms with Gasteiger partial charge in [0.05, 0.1) is 16.3 Å². The summed E-state index contributed by atoms with van der Waals surface area (Å²) >= 11 is 6.03. The minimum atomic E-state index is -0.996. The van der Waals surface area contributed by atoms with Crippen molar-refractivity contribution in [1.82, 2.24) is 0 Å². The lowest BCUT2D eigenvalue weighted by atomic mass is 10.1. The number of halogens is 1. The number of carboxylic acids is 1. The zero-order valence-corrected chi connectivity index (χ0v) is 17.0. The molecule has 0 aliphatic rings. The van der Waals surface area contributed by atoms with Crippen molar-refractivity contribution >= 4 is 35.2 Å². The number of aromatic carboxylic acids is 1. The van der Waals surface area contributed by atoms with Crippen LogP contribution in [0.2, 0.25) is 5.02 Å². The number of para-hydroxylation sites is 1. The van der Waals surface area contributed by atoms with E-state index < -0.39 is 11.9 Å². The molecule has 0 bridgehead atoms. The fourth-order valence-corrected chi connectivity index (χ4v) is 2.87. The third kappa shape index (κ3) is 5.95. The number of carbonyl (C=O) groups is 2. The summed E-state index contributed by atoms with van der Waals surface area (Å²) in [6, 6.07) is 22.0. The highest BCUT2D eigenvalue weighted by Crippen LogP contribution is 2.22. The number of hydrogen-bond donors (Lipinski definition) is 2. The van der Waals surface area contributed by atoms with E-state index in [4.69, 9.17) is 21.4 Å². The van der Waals surface area contributed by atoms with E-state index in [2.05, 4.69) is 5.32 Å². The molecule has 0 heterocycles. The van der Waals surface area contributed by atoms with Gasteiger partial charge in [-0.25, -0.2) is 4.79 Å². The molecule has 0 spiro atoms. The predicted octanol–water partition coefficient (Wildman–Crippen LogP) is 5.16. The van der Waals surface area contributed by atoms with Gasteiger partial charge >= 0.3 is 5.97 Å². The Kier molecular flexibility index (Phi) is 7.05. The molecule has 31 heavy (non-hydrogen) atoms. The lowest BCUT2D eigenvalue weighted by Crippen LogP contribution is -2.13. The molecule has 3 aromatic carbocycles. The van der Waals surface area contributed by atoms with Gasteiger partial charge in [0.15, 0.2) is 0 Å². The zero-order chi connectivity index (χ0) is 22.2. The van der Waals surface area contributed by atoms with Crippen molar-refractivity contribution in [2.24, 2.45) is 0 Å². The number of ether oxygens (including phenoxy) is 1. The Morgan fingerprint density at radius 2 is 1.81 bits per heavy atom. The van der Waals surface area contributed by atoms with Crippen LogP contribution in [0.25, 0.3) is 6.08 Å². The molecule has 0 unspecified atom stereocenters. The monoisotopic (exact) mass is 432 g/mol. The average molecular weight is 433 g/mol. The van der Waals surface area contributed by atoms with Gasteiger partial charge in [-0.05, 0) is 53.6 Å². The van der Waals surface area contributed by atoms with Crippen molar-refractivity contribution in [2.75, 3.05) is 5.32 Å². The molecule has 3 rings (SSSR count). The number of carbonyl (C=O) groups excluding carboxylic acids is 1. The van der Waals surface area contributed by atoms with Gasteiger partial charge in [-0.2, -0.15) is 5.26 Å². The van der Waals surface area contributed by atoms with Crippen molar-refractivity contribution in [2.45, 2.75) is 6.61 Å². The van der Waals surface area contributed by atoms with Gasteiger partial charge in [0.25, 0.3) is 5.91 Å². The number of carboxylic acid groups (broad SMARTS) is 1. The van der Waals surface area contributed by atoms with E-state index in [1.54, 1.807) is 66.7 Å². The number of hydrogen-bond acceptors (Lipinski definition) is 4. The fraction of sp³-hybridized carbons (Fsp3) is 0.0417. The van der Waals surface area contributed by atoms with Crippen LogP contribution in [0, 0.1) is 11.3 Å². The molecule has 0 aliphatic carbocycles. The Labute approximate surface area is 184 Å². The van der Waals surface area contributed by atoms with Gasteiger partial charge in [-0.3, -0.25) is 4.79 Å². The van der Waals surface area contributed by atoms with Gasteiger partial charge in [0, 0.05) is 0 Å². The smallest absolute Gasteiger partial charge is 0.335 e. The second-order valence-corrected chi connectivity index (χ2v) is 6.87. The summed E-state index contributed by atoms with van der Waals surface area (Å²) in [7, 11) is 0. The van der Waals surface area contributed by atoms with Gasteiger partial charge in [-0.15, -0.1) is 0 Å². The third-order valence-corrected chi connectivity index (χ3v) is 4.59. The molecule has 0 saturated carbocycles. The Bertz CT molecular complexity index is 1180. The van der Waals surface area contributed by atoms with Crippen molar-refractivity contribution in [3.8, 4) is 11.8 Å². The van der Waals surface area contributed by atoms with Crippen LogP contribution in [0.3, 0.4) is 0 Å². The predicted molar refractivity (Wildman–Crippen MR) is 118 cm³/mol. The topological polar surface area (TPSA) is 99.4 Å². The standard InChI is InChI=1S/C24H17ClN2O4/c25-21-6-1-2-7-22(21)27-23(28)19(14-26)12-16-8-10-20(11-9-16)31-15-17-4-3-5-18(13-17)24(29)30/h1-13H,15H2,(H,27,28)(H,29,30)/b19-12-. The highest BCUT2D eigenvalue weighted by Gasteiger charge is 2.11. The normalized spacial score (nSPS) is 10.8. The summed E-state index contributed by atoms with van der Waals surface area (Å²) in [4.78, 5) is 23.4. The minimum Gasteiger partial charge on any atom is -0.489 e. The van der Waals surface area contributed by atoms with Gasteiger partial charge in [0.1, 0.15) is 24.0 Å². The molecule has 154 valence electrons. The summed E-state index contributed by atoms with van der Waals surface area (Å²) in [6.07, 6.45) is 1.46. The van der Waals surface area contributed by atoms with E-state index in [1.807, 2.05) is 6.07 Å². The number of nitrogens with zero attached hydrogens (tertiary/aromatic N) is 1. The summed E-state index contributed by atoms with van der Waals surface area (Å²) in [6.45, 7) is 0.208. The molecule has 0 atom stereocenters. The van der Waals surface area contributed by atoms with Crippen LogP contribution < -0.4 is 10.1 Å².